The molecule has 0 aliphatic carbocycles. The van der Waals surface area contributed by atoms with Crippen LogP contribution in [-0.2, 0) is 4.79 Å². The Morgan fingerprint density at radius 3 is 2.78 bits per heavy atom. The average Bonchev–Trinajstić information content (AvgIpc) is 2.66. The zero-order chi connectivity index (χ0) is 19.6. The van der Waals surface area contributed by atoms with E-state index in [9.17, 15) is 9.59 Å². The van der Waals surface area contributed by atoms with Crippen molar-refractivity contribution in [3.63, 3.8) is 0 Å². The predicted molar refractivity (Wildman–Crippen MR) is 109 cm³/mol. The van der Waals surface area contributed by atoms with E-state index in [0.29, 0.717) is 23.5 Å². The molecule has 6 nitrogen and oxygen atoms in total. The first-order chi connectivity index (χ1) is 13.0. The summed E-state index contributed by atoms with van der Waals surface area (Å²) in [5.41, 5.74) is 4.45. The Bertz CT molecular complexity index is 865. The molecule has 0 saturated carbocycles. The molecule has 2 aromatic carbocycles. The SMILES string of the molecule is C=CCOc1ccc(Br)cc1/C=N\NC(=O)CNC(=O)c1ccccc1C. The molecule has 0 aliphatic rings. The second kappa shape index (κ2) is 10.3. The highest BCUT2D eigenvalue weighted by Gasteiger charge is 2.09. The first kappa shape index (κ1) is 20.4. The van der Waals surface area contributed by atoms with Crippen LogP contribution < -0.4 is 15.5 Å². The molecule has 0 fully saturated rings. The van der Waals surface area contributed by atoms with Gasteiger partial charge in [0, 0.05) is 15.6 Å². The molecule has 0 radical (unpaired) electrons. The molecule has 0 bridgehead atoms. The van der Waals surface area contributed by atoms with E-state index in [1.807, 2.05) is 31.2 Å². The summed E-state index contributed by atoms with van der Waals surface area (Å²) < 4.78 is 6.39. The van der Waals surface area contributed by atoms with Gasteiger partial charge in [0.05, 0.1) is 12.8 Å². The van der Waals surface area contributed by atoms with Gasteiger partial charge in [0.15, 0.2) is 0 Å². The van der Waals surface area contributed by atoms with Crippen molar-refractivity contribution in [2.24, 2.45) is 5.10 Å². The van der Waals surface area contributed by atoms with Gasteiger partial charge in [-0.15, -0.1) is 0 Å². The minimum absolute atomic E-state index is 0.178. The number of rotatable bonds is 8. The van der Waals surface area contributed by atoms with Gasteiger partial charge in [-0.25, -0.2) is 5.43 Å². The van der Waals surface area contributed by atoms with Gasteiger partial charge in [-0.1, -0.05) is 46.8 Å². The molecule has 0 aromatic heterocycles. The number of hydrazone groups is 1. The van der Waals surface area contributed by atoms with Crippen LogP contribution in [0.15, 0.2) is 64.7 Å². The quantitative estimate of drug-likeness (QED) is 0.384. The number of halogens is 1. The van der Waals surface area contributed by atoms with E-state index >= 15 is 0 Å². The summed E-state index contributed by atoms with van der Waals surface area (Å²) in [5.74, 6) is -0.125. The number of nitrogens with zero attached hydrogens (tertiary/aromatic N) is 1. The zero-order valence-corrected chi connectivity index (χ0v) is 16.5. The van der Waals surface area contributed by atoms with Crippen LogP contribution in [0.3, 0.4) is 0 Å². The molecule has 0 unspecified atom stereocenters. The average molecular weight is 430 g/mol. The lowest BCUT2D eigenvalue weighted by atomic mass is 10.1. The van der Waals surface area contributed by atoms with Crippen LogP contribution in [0, 0.1) is 6.92 Å². The highest BCUT2D eigenvalue weighted by atomic mass is 79.9. The lowest BCUT2D eigenvalue weighted by molar-refractivity contribution is -0.120. The highest BCUT2D eigenvalue weighted by molar-refractivity contribution is 9.10. The fourth-order valence-electron chi connectivity index (χ4n) is 2.20. The lowest BCUT2D eigenvalue weighted by Crippen LogP contribution is -2.35. The van der Waals surface area contributed by atoms with Crippen LogP contribution in [0.4, 0.5) is 0 Å². The number of amides is 2. The van der Waals surface area contributed by atoms with Gasteiger partial charge >= 0.3 is 0 Å². The van der Waals surface area contributed by atoms with Crippen LogP contribution in [0.25, 0.3) is 0 Å². The van der Waals surface area contributed by atoms with Gasteiger partial charge in [0.1, 0.15) is 12.4 Å². The Kier molecular flexibility index (Phi) is 7.76. The Balaban J connectivity index is 1.90. The van der Waals surface area contributed by atoms with E-state index in [4.69, 9.17) is 4.74 Å². The lowest BCUT2D eigenvalue weighted by Gasteiger charge is -2.08. The number of nitrogens with one attached hydrogen (secondary N) is 2. The Morgan fingerprint density at radius 2 is 2.04 bits per heavy atom. The van der Waals surface area contributed by atoms with E-state index in [-0.39, 0.29) is 12.5 Å². The maximum Gasteiger partial charge on any atom is 0.259 e. The zero-order valence-electron chi connectivity index (χ0n) is 14.9. The van der Waals surface area contributed by atoms with Crippen LogP contribution in [-0.4, -0.2) is 31.2 Å². The largest absolute Gasteiger partial charge is 0.489 e. The van der Waals surface area contributed by atoms with Crippen molar-refractivity contribution >= 4 is 34.0 Å². The third-order valence-electron chi connectivity index (χ3n) is 3.52. The smallest absolute Gasteiger partial charge is 0.259 e. The fourth-order valence-corrected chi connectivity index (χ4v) is 2.58. The normalized spacial score (nSPS) is 10.4. The van der Waals surface area contributed by atoms with Crippen molar-refractivity contribution in [3.8, 4) is 5.75 Å². The molecule has 2 N–H and O–H groups in total. The number of hydrogen-bond donors (Lipinski definition) is 2. The van der Waals surface area contributed by atoms with Gasteiger partial charge in [0.25, 0.3) is 11.8 Å². The molecular formula is C20H20BrN3O3. The summed E-state index contributed by atoms with van der Waals surface area (Å²) in [7, 11) is 0. The van der Waals surface area contributed by atoms with E-state index in [1.165, 1.54) is 6.21 Å². The fraction of sp³-hybridized carbons (Fsp3) is 0.150. The van der Waals surface area contributed by atoms with Crippen molar-refractivity contribution < 1.29 is 14.3 Å². The molecule has 140 valence electrons. The number of aryl methyl sites for hydroxylation is 1. The van der Waals surface area contributed by atoms with Gasteiger partial charge in [0.2, 0.25) is 0 Å². The molecule has 2 amide bonds. The minimum atomic E-state index is -0.434. The Labute approximate surface area is 166 Å². The molecular weight excluding hydrogens is 410 g/mol. The summed E-state index contributed by atoms with van der Waals surface area (Å²) in [6.07, 6.45) is 3.12. The van der Waals surface area contributed by atoms with Gasteiger partial charge in [-0.05, 0) is 36.8 Å². The van der Waals surface area contributed by atoms with Crippen molar-refractivity contribution in [3.05, 3.63) is 76.3 Å². The van der Waals surface area contributed by atoms with Crippen molar-refractivity contribution in [2.45, 2.75) is 6.92 Å². The molecule has 0 heterocycles. The third-order valence-corrected chi connectivity index (χ3v) is 4.01. The molecule has 0 spiro atoms. The van der Waals surface area contributed by atoms with Crippen molar-refractivity contribution in [1.82, 2.24) is 10.7 Å². The Morgan fingerprint density at radius 1 is 1.26 bits per heavy atom. The molecule has 2 aromatic rings. The van der Waals surface area contributed by atoms with Gasteiger partial charge < -0.3 is 10.1 Å². The topological polar surface area (TPSA) is 79.8 Å². The standard InChI is InChI=1S/C20H20BrN3O3/c1-3-10-27-18-9-8-16(21)11-15(18)12-23-24-19(25)13-22-20(26)17-7-5-4-6-14(17)2/h3-9,11-12H,1,10,13H2,2H3,(H,22,26)(H,24,25)/b23-12-. The molecule has 0 aliphatic heterocycles. The van der Waals surface area contributed by atoms with Gasteiger partial charge in [-0.2, -0.15) is 5.10 Å². The second-order valence-corrected chi connectivity index (χ2v) is 6.49. The van der Waals surface area contributed by atoms with E-state index in [2.05, 4.69) is 38.4 Å². The number of ether oxygens (including phenoxy) is 1. The Hall–Kier alpha value is -2.93. The molecule has 7 heteroatoms. The van der Waals surface area contributed by atoms with E-state index in [0.717, 1.165) is 10.0 Å². The number of hydrogen-bond acceptors (Lipinski definition) is 4. The molecule has 2 rings (SSSR count). The van der Waals surface area contributed by atoms with Crippen molar-refractivity contribution in [1.29, 1.82) is 0 Å². The van der Waals surface area contributed by atoms with E-state index < -0.39 is 5.91 Å². The highest BCUT2D eigenvalue weighted by Crippen LogP contribution is 2.21. The van der Waals surface area contributed by atoms with Gasteiger partial charge in [-0.3, -0.25) is 9.59 Å². The molecule has 0 atom stereocenters. The summed E-state index contributed by atoms with van der Waals surface area (Å²) in [6, 6.07) is 12.6. The van der Waals surface area contributed by atoms with Crippen LogP contribution in [0.2, 0.25) is 0 Å². The first-order valence-corrected chi connectivity index (χ1v) is 8.99. The summed E-state index contributed by atoms with van der Waals surface area (Å²) in [5, 5.41) is 6.49. The summed E-state index contributed by atoms with van der Waals surface area (Å²) in [6.45, 7) is 5.63. The van der Waals surface area contributed by atoms with Crippen LogP contribution in [0.1, 0.15) is 21.5 Å². The van der Waals surface area contributed by atoms with Crippen LogP contribution in [0.5, 0.6) is 5.75 Å². The summed E-state index contributed by atoms with van der Waals surface area (Å²) in [4.78, 5) is 24.0. The molecule has 0 saturated heterocycles. The van der Waals surface area contributed by atoms with Crippen molar-refractivity contribution in [2.75, 3.05) is 13.2 Å². The predicted octanol–water partition coefficient (Wildman–Crippen LogP) is 3.20. The van der Waals surface area contributed by atoms with E-state index in [1.54, 1.807) is 24.3 Å². The number of benzene rings is 2. The third kappa shape index (κ3) is 6.38. The maximum absolute atomic E-state index is 12.1. The monoisotopic (exact) mass is 429 g/mol. The maximum atomic E-state index is 12.1. The minimum Gasteiger partial charge on any atom is -0.489 e. The first-order valence-electron chi connectivity index (χ1n) is 8.20. The van der Waals surface area contributed by atoms with Crippen LogP contribution >= 0.6 is 15.9 Å². The number of carbonyl (C=O) groups is 2. The molecule has 27 heavy (non-hydrogen) atoms. The summed E-state index contributed by atoms with van der Waals surface area (Å²) >= 11 is 3.38. The number of carbonyl (C=O) groups excluding carboxylic acids is 2. The second-order valence-electron chi connectivity index (χ2n) is 5.57.